The maximum atomic E-state index is 5.19. The molecule has 0 aliphatic carbocycles. The van der Waals surface area contributed by atoms with Gasteiger partial charge in [0.25, 0.3) is 0 Å². The van der Waals surface area contributed by atoms with Gasteiger partial charge >= 0.3 is 0 Å². The van der Waals surface area contributed by atoms with Crippen molar-refractivity contribution in [3.8, 4) is 11.3 Å². The molecule has 3 aromatic rings. The van der Waals surface area contributed by atoms with Crippen molar-refractivity contribution in [1.82, 2.24) is 10.1 Å². The molecule has 0 amide bonds. The van der Waals surface area contributed by atoms with Gasteiger partial charge in [-0.2, -0.15) is 0 Å². The molecule has 0 saturated heterocycles. The van der Waals surface area contributed by atoms with Gasteiger partial charge in [0.1, 0.15) is 5.76 Å². The minimum atomic E-state index is 0.801. The van der Waals surface area contributed by atoms with Crippen molar-refractivity contribution in [2.75, 3.05) is 5.32 Å². The zero-order valence-corrected chi connectivity index (χ0v) is 12.4. The normalized spacial score (nSPS) is 10.8. The van der Waals surface area contributed by atoms with E-state index in [1.165, 1.54) is 5.56 Å². The number of nitrogens with zero attached hydrogens (tertiary/aromatic N) is 2. The van der Waals surface area contributed by atoms with E-state index < -0.39 is 0 Å². The summed E-state index contributed by atoms with van der Waals surface area (Å²) in [5, 5.41) is 10.2. The third-order valence-electron chi connectivity index (χ3n) is 3.06. The Balaban J connectivity index is 1.88. The summed E-state index contributed by atoms with van der Waals surface area (Å²) in [6, 6.07) is 8.23. The highest BCUT2D eigenvalue weighted by Gasteiger charge is 2.14. The van der Waals surface area contributed by atoms with Gasteiger partial charge in [-0.3, -0.25) is 0 Å². The zero-order chi connectivity index (χ0) is 14.1. The van der Waals surface area contributed by atoms with E-state index in [9.17, 15) is 0 Å². The summed E-state index contributed by atoms with van der Waals surface area (Å²) in [7, 11) is 0. The molecule has 0 aliphatic rings. The zero-order valence-electron chi connectivity index (χ0n) is 11.6. The predicted molar refractivity (Wildman–Crippen MR) is 81.5 cm³/mol. The first-order chi connectivity index (χ1) is 9.63. The van der Waals surface area contributed by atoms with Gasteiger partial charge in [-0.05, 0) is 38.5 Å². The van der Waals surface area contributed by atoms with Crippen molar-refractivity contribution in [1.29, 1.82) is 0 Å². The highest BCUT2D eigenvalue weighted by Crippen LogP contribution is 2.31. The SMILES string of the molecule is Cc1cccc(Nc2nc(-c3c(C)noc3C)cs2)c1. The molecule has 1 N–H and O–H groups in total. The van der Waals surface area contributed by atoms with Gasteiger partial charge in [0.15, 0.2) is 5.13 Å². The van der Waals surface area contributed by atoms with Crippen LogP contribution in [0.25, 0.3) is 11.3 Å². The van der Waals surface area contributed by atoms with Gasteiger partial charge in [-0.1, -0.05) is 17.3 Å². The molecular formula is C15H15N3OS. The minimum absolute atomic E-state index is 0.801. The molecule has 0 saturated carbocycles. The van der Waals surface area contributed by atoms with Crippen molar-refractivity contribution >= 4 is 22.2 Å². The molecule has 3 rings (SSSR count). The summed E-state index contributed by atoms with van der Waals surface area (Å²) in [5.74, 6) is 0.801. The lowest BCUT2D eigenvalue weighted by molar-refractivity contribution is 0.393. The van der Waals surface area contributed by atoms with Gasteiger partial charge in [-0.25, -0.2) is 4.98 Å². The van der Waals surface area contributed by atoms with Gasteiger partial charge in [0, 0.05) is 11.1 Å². The first kappa shape index (κ1) is 12.9. The van der Waals surface area contributed by atoms with Gasteiger partial charge in [0.2, 0.25) is 0 Å². The standard InChI is InChI=1S/C15H15N3OS/c1-9-5-4-6-12(7-9)16-15-17-13(8-20-15)14-10(2)18-19-11(14)3/h4-8H,1-3H3,(H,16,17). The van der Waals surface area contributed by atoms with Crippen LogP contribution in [0, 0.1) is 20.8 Å². The third kappa shape index (κ3) is 2.44. The van der Waals surface area contributed by atoms with Crippen LogP contribution in [-0.4, -0.2) is 10.1 Å². The van der Waals surface area contributed by atoms with E-state index in [1.807, 2.05) is 31.4 Å². The Morgan fingerprint density at radius 3 is 2.75 bits per heavy atom. The molecule has 2 aromatic heterocycles. The van der Waals surface area contributed by atoms with Crippen LogP contribution in [0.4, 0.5) is 10.8 Å². The quantitative estimate of drug-likeness (QED) is 0.771. The highest BCUT2D eigenvalue weighted by atomic mass is 32.1. The van der Waals surface area contributed by atoms with Crippen LogP contribution < -0.4 is 5.32 Å². The number of nitrogens with one attached hydrogen (secondary N) is 1. The van der Waals surface area contributed by atoms with E-state index in [2.05, 4.69) is 34.5 Å². The lowest BCUT2D eigenvalue weighted by atomic mass is 10.1. The molecule has 0 radical (unpaired) electrons. The van der Waals surface area contributed by atoms with E-state index in [-0.39, 0.29) is 0 Å². The lowest BCUT2D eigenvalue weighted by Gasteiger charge is -2.02. The molecule has 20 heavy (non-hydrogen) atoms. The number of thiazole rings is 1. The van der Waals surface area contributed by atoms with Crippen LogP contribution in [0.1, 0.15) is 17.0 Å². The minimum Gasteiger partial charge on any atom is -0.361 e. The number of benzene rings is 1. The van der Waals surface area contributed by atoms with Crippen molar-refractivity contribution in [3.05, 3.63) is 46.7 Å². The Bertz CT molecular complexity index is 726. The molecule has 102 valence electrons. The number of rotatable bonds is 3. The average molecular weight is 285 g/mol. The number of hydrogen-bond acceptors (Lipinski definition) is 5. The molecule has 0 bridgehead atoms. The summed E-state index contributed by atoms with van der Waals surface area (Å²) >= 11 is 1.57. The first-order valence-corrected chi connectivity index (χ1v) is 7.24. The molecule has 0 fully saturated rings. The molecule has 0 spiro atoms. The number of hydrogen-bond donors (Lipinski definition) is 1. The molecule has 0 unspecified atom stereocenters. The summed E-state index contributed by atoms with van der Waals surface area (Å²) in [6.07, 6.45) is 0. The van der Waals surface area contributed by atoms with Crippen molar-refractivity contribution < 1.29 is 4.52 Å². The van der Waals surface area contributed by atoms with Crippen LogP contribution in [0.15, 0.2) is 34.2 Å². The second kappa shape index (κ2) is 5.09. The Morgan fingerprint density at radius 2 is 2.05 bits per heavy atom. The molecular weight excluding hydrogens is 270 g/mol. The summed E-state index contributed by atoms with van der Waals surface area (Å²) < 4.78 is 5.19. The number of aromatic nitrogens is 2. The second-order valence-electron chi connectivity index (χ2n) is 4.73. The van der Waals surface area contributed by atoms with E-state index in [1.54, 1.807) is 11.3 Å². The Kier molecular flexibility index (Phi) is 3.28. The molecule has 2 heterocycles. The van der Waals surface area contributed by atoms with Crippen molar-refractivity contribution in [2.24, 2.45) is 0 Å². The van der Waals surface area contributed by atoms with Crippen LogP contribution in [-0.2, 0) is 0 Å². The maximum Gasteiger partial charge on any atom is 0.187 e. The smallest absolute Gasteiger partial charge is 0.187 e. The highest BCUT2D eigenvalue weighted by molar-refractivity contribution is 7.14. The van der Waals surface area contributed by atoms with E-state index >= 15 is 0 Å². The predicted octanol–water partition coefficient (Wildman–Crippen LogP) is 4.47. The summed E-state index contributed by atoms with van der Waals surface area (Å²) in [6.45, 7) is 5.91. The van der Waals surface area contributed by atoms with Crippen molar-refractivity contribution in [2.45, 2.75) is 20.8 Å². The van der Waals surface area contributed by atoms with E-state index in [4.69, 9.17) is 4.52 Å². The largest absolute Gasteiger partial charge is 0.361 e. The van der Waals surface area contributed by atoms with Crippen LogP contribution in [0.5, 0.6) is 0 Å². The van der Waals surface area contributed by atoms with E-state index in [0.717, 1.165) is 33.5 Å². The van der Waals surface area contributed by atoms with Crippen molar-refractivity contribution in [3.63, 3.8) is 0 Å². The van der Waals surface area contributed by atoms with Crippen LogP contribution >= 0.6 is 11.3 Å². The van der Waals surface area contributed by atoms with Crippen LogP contribution in [0.3, 0.4) is 0 Å². The maximum absolute atomic E-state index is 5.19. The monoisotopic (exact) mass is 285 g/mol. The van der Waals surface area contributed by atoms with Gasteiger partial charge < -0.3 is 9.84 Å². The fourth-order valence-corrected chi connectivity index (χ4v) is 2.86. The summed E-state index contributed by atoms with van der Waals surface area (Å²) in [4.78, 5) is 4.61. The molecule has 1 aromatic carbocycles. The van der Waals surface area contributed by atoms with Gasteiger partial charge in [-0.15, -0.1) is 11.3 Å². The molecule has 0 aliphatic heterocycles. The Labute approximate surface area is 121 Å². The fraction of sp³-hybridized carbons (Fsp3) is 0.200. The lowest BCUT2D eigenvalue weighted by Crippen LogP contribution is -1.90. The Morgan fingerprint density at radius 1 is 1.20 bits per heavy atom. The van der Waals surface area contributed by atoms with Crippen LogP contribution in [0.2, 0.25) is 0 Å². The molecule has 4 nitrogen and oxygen atoms in total. The second-order valence-corrected chi connectivity index (χ2v) is 5.59. The topological polar surface area (TPSA) is 51.0 Å². The number of anilines is 2. The fourth-order valence-electron chi connectivity index (χ4n) is 2.14. The molecule has 0 atom stereocenters. The van der Waals surface area contributed by atoms with E-state index in [0.29, 0.717) is 0 Å². The van der Waals surface area contributed by atoms with Gasteiger partial charge in [0.05, 0.1) is 17.0 Å². The number of aryl methyl sites for hydroxylation is 3. The molecule has 5 heteroatoms. The first-order valence-electron chi connectivity index (χ1n) is 6.36. The summed E-state index contributed by atoms with van der Waals surface area (Å²) in [5.41, 5.74) is 5.03. The Hall–Kier alpha value is -2.14. The third-order valence-corrected chi connectivity index (χ3v) is 3.82. The average Bonchev–Trinajstić information content (AvgIpc) is 2.97.